The Kier molecular flexibility index (Phi) is 3.64. The van der Waals surface area contributed by atoms with Crippen LogP contribution in [-0.2, 0) is 9.59 Å². The zero-order chi connectivity index (χ0) is 14.2. The predicted octanol–water partition coefficient (Wildman–Crippen LogP) is 2.95. The lowest BCUT2D eigenvalue weighted by Gasteiger charge is -2.25. The number of thiazole rings is 1. The fourth-order valence-corrected chi connectivity index (χ4v) is 3.65. The van der Waals surface area contributed by atoms with Gasteiger partial charge in [0, 0.05) is 0 Å². The molecule has 1 N–H and O–H groups in total. The molecule has 0 aliphatic carbocycles. The minimum Gasteiger partial charge on any atom is -0.481 e. The number of carbonyl (C=O) groups is 2. The van der Waals surface area contributed by atoms with Crippen LogP contribution in [0.2, 0.25) is 0 Å². The quantitative estimate of drug-likeness (QED) is 0.851. The van der Waals surface area contributed by atoms with Crippen molar-refractivity contribution in [3.63, 3.8) is 0 Å². The Morgan fingerprint density at radius 3 is 2.53 bits per heavy atom. The molecule has 1 heterocycles. The summed E-state index contributed by atoms with van der Waals surface area (Å²) in [7, 11) is 0. The van der Waals surface area contributed by atoms with Crippen LogP contribution in [0.5, 0.6) is 0 Å². The van der Waals surface area contributed by atoms with Crippen LogP contribution < -0.4 is 0 Å². The van der Waals surface area contributed by atoms with E-state index in [1.165, 1.54) is 25.2 Å². The molecule has 4 nitrogen and oxygen atoms in total. The molecule has 0 aliphatic heterocycles. The lowest BCUT2D eigenvalue weighted by Crippen LogP contribution is -2.34. The lowest BCUT2D eigenvalue weighted by molar-refractivity contribution is -0.149. The summed E-state index contributed by atoms with van der Waals surface area (Å²) in [6.45, 7) is 3.03. The number of carbonyl (C=O) groups excluding carboxylic acids is 1. The second-order valence-electron chi connectivity index (χ2n) is 4.82. The molecule has 0 radical (unpaired) electrons. The monoisotopic (exact) mass is 295 g/mol. The lowest BCUT2D eigenvalue weighted by atomic mass is 9.80. The summed E-state index contributed by atoms with van der Waals surface area (Å²) in [4.78, 5) is 27.5. The van der Waals surface area contributed by atoms with Gasteiger partial charge in [-0.25, -0.2) is 4.98 Å². The average molecular weight is 295 g/mol. The Labute approximate surface area is 119 Å². The highest BCUT2D eigenvalue weighted by Gasteiger charge is 2.43. The molecule has 2 rings (SSSR count). The van der Waals surface area contributed by atoms with E-state index in [4.69, 9.17) is 0 Å². The summed E-state index contributed by atoms with van der Waals surface area (Å²) in [5.74, 6) is -1.90. The summed E-state index contributed by atoms with van der Waals surface area (Å²) in [5, 5.41) is 9.30. The van der Waals surface area contributed by atoms with Gasteiger partial charge in [0.15, 0.2) is 5.12 Å². The fraction of sp³-hybridized carbons (Fsp3) is 0.308. The van der Waals surface area contributed by atoms with Gasteiger partial charge in [0.05, 0.1) is 21.5 Å². The molecular formula is C13H13NO3S2. The van der Waals surface area contributed by atoms with Crippen LogP contribution in [0, 0.1) is 5.41 Å². The number of benzene rings is 1. The average Bonchev–Trinajstić information content (AvgIpc) is 2.70. The van der Waals surface area contributed by atoms with Gasteiger partial charge >= 0.3 is 5.97 Å². The van der Waals surface area contributed by atoms with Crippen LogP contribution in [0.1, 0.15) is 24.8 Å². The maximum Gasteiger partial charge on any atom is 0.310 e. The normalized spacial score (nSPS) is 13.4. The second-order valence-corrected chi connectivity index (χ2v) is 6.32. The summed E-state index contributed by atoms with van der Waals surface area (Å²) >= 11 is 5.17. The Morgan fingerprint density at radius 1 is 1.37 bits per heavy atom. The Morgan fingerprint density at radius 2 is 2.00 bits per heavy atom. The molecule has 0 aliphatic rings. The molecule has 100 valence electrons. The number of aromatic nitrogens is 1. The smallest absolute Gasteiger partial charge is 0.310 e. The summed E-state index contributed by atoms with van der Waals surface area (Å²) in [5.41, 5.74) is -0.476. The van der Waals surface area contributed by atoms with E-state index in [0.717, 1.165) is 10.2 Å². The molecular weight excluding hydrogens is 282 g/mol. The van der Waals surface area contributed by atoms with Gasteiger partial charge in [0.1, 0.15) is 5.01 Å². The molecule has 0 saturated heterocycles. The number of nitrogens with zero attached hydrogens (tertiary/aromatic N) is 1. The number of rotatable bonds is 4. The first kappa shape index (κ1) is 14.0. The standard InChI is InChI=1S/C13H13NO3S2/c1-13(2,12(16)17)9(11(15)18)10-14-7-5-3-4-6-8(7)19-10/h3-6,9H,1-2H3,(H,15,18)(H,16,17). The van der Waals surface area contributed by atoms with E-state index < -0.39 is 22.4 Å². The second kappa shape index (κ2) is 4.94. The van der Waals surface area contributed by atoms with E-state index in [9.17, 15) is 14.7 Å². The molecule has 0 amide bonds. The third kappa shape index (κ3) is 2.50. The number of para-hydroxylation sites is 1. The van der Waals surface area contributed by atoms with Gasteiger partial charge in [0.2, 0.25) is 0 Å². The van der Waals surface area contributed by atoms with Crippen molar-refractivity contribution in [3.05, 3.63) is 29.3 Å². The largest absolute Gasteiger partial charge is 0.481 e. The molecule has 6 heteroatoms. The van der Waals surface area contributed by atoms with Gasteiger partial charge in [-0.3, -0.25) is 9.59 Å². The number of fused-ring (bicyclic) bond motifs is 1. The minimum absolute atomic E-state index is 0.480. The number of carboxylic acids is 1. The van der Waals surface area contributed by atoms with Gasteiger partial charge in [-0.15, -0.1) is 24.0 Å². The first-order chi connectivity index (χ1) is 8.84. The van der Waals surface area contributed by atoms with E-state index in [1.807, 2.05) is 24.3 Å². The SMILES string of the molecule is CC(C)(C(=O)O)C(C(=O)S)c1nc2ccccc2s1. The van der Waals surface area contributed by atoms with Crippen LogP contribution >= 0.6 is 24.0 Å². The Bertz CT molecular complexity index is 615. The molecule has 19 heavy (non-hydrogen) atoms. The van der Waals surface area contributed by atoms with Gasteiger partial charge in [-0.2, -0.15) is 0 Å². The van der Waals surface area contributed by atoms with Crippen molar-refractivity contribution in [1.82, 2.24) is 4.98 Å². The van der Waals surface area contributed by atoms with Crippen molar-refractivity contribution in [2.75, 3.05) is 0 Å². The molecule has 1 aromatic heterocycles. The van der Waals surface area contributed by atoms with Crippen LogP contribution in [-0.4, -0.2) is 21.2 Å². The molecule has 0 saturated carbocycles. The predicted molar refractivity (Wildman–Crippen MR) is 77.8 cm³/mol. The van der Waals surface area contributed by atoms with Gasteiger partial charge < -0.3 is 5.11 Å². The molecule has 1 atom stereocenters. The third-order valence-corrected chi connectivity index (χ3v) is 4.44. The molecule has 2 aromatic rings. The van der Waals surface area contributed by atoms with Crippen LogP contribution in [0.3, 0.4) is 0 Å². The first-order valence-electron chi connectivity index (χ1n) is 5.65. The van der Waals surface area contributed by atoms with E-state index in [2.05, 4.69) is 17.6 Å². The minimum atomic E-state index is -1.24. The van der Waals surface area contributed by atoms with Crippen LogP contribution in [0.4, 0.5) is 0 Å². The topological polar surface area (TPSA) is 67.3 Å². The van der Waals surface area contributed by atoms with Gasteiger partial charge in [-0.1, -0.05) is 12.1 Å². The highest BCUT2D eigenvalue weighted by atomic mass is 32.1. The van der Waals surface area contributed by atoms with Gasteiger partial charge in [0.25, 0.3) is 0 Å². The van der Waals surface area contributed by atoms with Crippen molar-refractivity contribution in [1.29, 1.82) is 0 Å². The highest BCUT2D eigenvalue weighted by molar-refractivity contribution is 7.96. The maximum absolute atomic E-state index is 11.7. The third-order valence-electron chi connectivity index (χ3n) is 3.08. The van der Waals surface area contributed by atoms with E-state index in [-0.39, 0.29) is 0 Å². The number of aliphatic carboxylic acids is 1. The van der Waals surface area contributed by atoms with E-state index >= 15 is 0 Å². The summed E-state index contributed by atoms with van der Waals surface area (Å²) in [6, 6.07) is 7.46. The number of hydrogen-bond donors (Lipinski definition) is 2. The molecule has 1 aromatic carbocycles. The molecule has 1 unspecified atom stereocenters. The first-order valence-corrected chi connectivity index (χ1v) is 6.92. The zero-order valence-electron chi connectivity index (χ0n) is 10.5. The maximum atomic E-state index is 11.7. The molecule has 0 spiro atoms. The summed E-state index contributed by atoms with van der Waals surface area (Å²) in [6.07, 6.45) is 0. The summed E-state index contributed by atoms with van der Waals surface area (Å²) < 4.78 is 0.929. The van der Waals surface area contributed by atoms with E-state index in [0.29, 0.717) is 5.01 Å². The van der Waals surface area contributed by atoms with Crippen molar-refractivity contribution >= 4 is 45.3 Å². The number of thiol groups is 1. The van der Waals surface area contributed by atoms with Crippen molar-refractivity contribution < 1.29 is 14.7 Å². The molecule has 0 fully saturated rings. The van der Waals surface area contributed by atoms with Crippen molar-refractivity contribution in [3.8, 4) is 0 Å². The van der Waals surface area contributed by atoms with Gasteiger partial charge in [-0.05, 0) is 26.0 Å². The highest BCUT2D eigenvalue weighted by Crippen LogP contribution is 2.40. The zero-order valence-corrected chi connectivity index (χ0v) is 12.2. The van der Waals surface area contributed by atoms with Crippen molar-refractivity contribution in [2.45, 2.75) is 19.8 Å². The van der Waals surface area contributed by atoms with Crippen molar-refractivity contribution in [2.24, 2.45) is 5.41 Å². The Hall–Kier alpha value is -1.40. The van der Waals surface area contributed by atoms with Crippen LogP contribution in [0.15, 0.2) is 24.3 Å². The fourth-order valence-electron chi connectivity index (χ4n) is 1.86. The molecule has 0 bridgehead atoms. The Balaban J connectivity index is 2.56. The number of hydrogen-bond acceptors (Lipinski definition) is 4. The number of carboxylic acid groups (broad SMARTS) is 1. The van der Waals surface area contributed by atoms with E-state index in [1.54, 1.807) is 0 Å². The van der Waals surface area contributed by atoms with Crippen LogP contribution in [0.25, 0.3) is 10.2 Å².